The average Bonchev–Trinajstić information content (AvgIpc) is 2.21. The molecule has 1 aromatic rings. The van der Waals surface area contributed by atoms with E-state index in [1.165, 1.54) is 0 Å². The molecular formula is C13H21BrO2. The van der Waals surface area contributed by atoms with Crippen LogP contribution in [-0.4, -0.2) is 20.0 Å². The maximum absolute atomic E-state index is 10.9. The van der Waals surface area contributed by atoms with Gasteiger partial charge in [-0.2, -0.15) is 0 Å². The minimum absolute atomic E-state index is 0.0943. The molecule has 0 atom stereocenters. The molecule has 0 unspecified atom stereocenters. The van der Waals surface area contributed by atoms with Gasteiger partial charge in [0, 0.05) is 24.3 Å². The van der Waals surface area contributed by atoms with E-state index in [4.69, 9.17) is 0 Å². The Kier molecular flexibility index (Phi) is 12.0. The normalized spacial score (nSPS) is 8.19. The van der Waals surface area contributed by atoms with Gasteiger partial charge in [0.25, 0.3) is 0 Å². The van der Waals surface area contributed by atoms with Gasteiger partial charge in [0.2, 0.25) is 0 Å². The zero-order chi connectivity index (χ0) is 13.1. The van der Waals surface area contributed by atoms with Crippen molar-refractivity contribution in [3.8, 4) is 0 Å². The SMILES string of the molecule is CC.CC(=O)c1ccc(C)cc1Br.COC. The minimum Gasteiger partial charge on any atom is -0.388 e. The third kappa shape index (κ3) is 7.60. The average molecular weight is 289 g/mol. The second kappa shape index (κ2) is 10.8. The minimum atomic E-state index is 0.0943. The molecule has 0 bridgehead atoms. The zero-order valence-electron chi connectivity index (χ0n) is 10.9. The molecule has 0 N–H and O–H groups in total. The van der Waals surface area contributed by atoms with Crippen LogP contribution >= 0.6 is 15.9 Å². The van der Waals surface area contributed by atoms with E-state index >= 15 is 0 Å². The van der Waals surface area contributed by atoms with Gasteiger partial charge in [-0.3, -0.25) is 4.79 Å². The Morgan fingerprint density at radius 1 is 1.25 bits per heavy atom. The fourth-order valence-corrected chi connectivity index (χ4v) is 1.68. The third-order valence-corrected chi connectivity index (χ3v) is 2.16. The molecule has 1 rings (SSSR count). The molecule has 16 heavy (non-hydrogen) atoms. The molecule has 0 aliphatic rings. The third-order valence-electron chi connectivity index (χ3n) is 1.50. The highest BCUT2D eigenvalue weighted by atomic mass is 79.9. The van der Waals surface area contributed by atoms with Crippen molar-refractivity contribution in [2.75, 3.05) is 14.2 Å². The molecule has 0 spiro atoms. The van der Waals surface area contributed by atoms with Crippen molar-refractivity contribution in [1.82, 2.24) is 0 Å². The van der Waals surface area contributed by atoms with Crippen LogP contribution in [0.25, 0.3) is 0 Å². The van der Waals surface area contributed by atoms with E-state index in [2.05, 4.69) is 20.7 Å². The maximum atomic E-state index is 10.9. The molecule has 3 heteroatoms. The van der Waals surface area contributed by atoms with Gasteiger partial charge < -0.3 is 4.74 Å². The fraction of sp³-hybridized carbons (Fsp3) is 0.462. The van der Waals surface area contributed by atoms with Crippen molar-refractivity contribution in [1.29, 1.82) is 0 Å². The Morgan fingerprint density at radius 3 is 2.00 bits per heavy atom. The van der Waals surface area contributed by atoms with Gasteiger partial charge in [0.05, 0.1) is 0 Å². The summed E-state index contributed by atoms with van der Waals surface area (Å²) in [5.41, 5.74) is 1.90. The lowest BCUT2D eigenvalue weighted by Gasteiger charge is -1.99. The van der Waals surface area contributed by atoms with Crippen LogP contribution < -0.4 is 0 Å². The van der Waals surface area contributed by atoms with Gasteiger partial charge in [-0.1, -0.05) is 41.9 Å². The largest absolute Gasteiger partial charge is 0.388 e. The van der Waals surface area contributed by atoms with Crippen LogP contribution in [0.15, 0.2) is 22.7 Å². The van der Waals surface area contributed by atoms with Crippen molar-refractivity contribution in [2.24, 2.45) is 0 Å². The van der Waals surface area contributed by atoms with Crippen molar-refractivity contribution in [3.05, 3.63) is 33.8 Å². The lowest BCUT2D eigenvalue weighted by molar-refractivity contribution is 0.101. The van der Waals surface area contributed by atoms with Gasteiger partial charge in [0.1, 0.15) is 0 Å². The van der Waals surface area contributed by atoms with E-state index in [1.54, 1.807) is 21.1 Å². The molecule has 0 saturated carbocycles. The smallest absolute Gasteiger partial charge is 0.160 e. The van der Waals surface area contributed by atoms with E-state index in [0.29, 0.717) is 0 Å². The Morgan fingerprint density at radius 2 is 1.69 bits per heavy atom. The molecule has 2 nitrogen and oxygen atoms in total. The first-order valence-corrected chi connectivity index (χ1v) is 5.99. The molecule has 0 aliphatic heterocycles. The number of ether oxygens (including phenoxy) is 1. The highest BCUT2D eigenvalue weighted by molar-refractivity contribution is 9.10. The lowest BCUT2D eigenvalue weighted by Crippen LogP contribution is -1.93. The van der Waals surface area contributed by atoms with Crippen molar-refractivity contribution >= 4 is 21.7 Å². The quantitative estimate of drug-likeness (QED) is 0.722. The molecule has 0 fully saturated rings. The summed E-state index contributed by atoms with van der Waals surface area (Å²) in [4.78, 5) is 10.9. The number of Topliss-reactive ketones (excluding diaryl/α,β-unsaturated/α-hetero) is 1. The van der Waals surface area contributed by atoms with Gasteiger partial charge in [0.15, 0.2) is 5.78 Å². The Balaban J connectivity index is 0. The van der Waals surface area contributed by atoms with E-state index in [-0.39, 0.29) is 5.78 Å². The molecule has 0 heterocycles. The summed E-state index contributed by atoms with van der Waals surface area (Å²) in [5.74, 6) is 0.0943. The number of methoxy groups -OCH3 is 1. The number of halogens is 1. The van der Waals surface area contributed by atoms with E-state index in [0.717, 1.165) is 15.6 Å². The molecule has 0 saturated heterocycles. The van der Waals surface area contributed by atoms with E-state index in [9.17, 15) is 4.79 Å². The van der Waals surface area contributed by atoms with Gasteiger partial charge >= 0.3 is 0 Å². The van der Waals surface area contributed by atoms with E-state index in [1.807, 2.05) is 39.0 Å². The first-order valence-electron chi connectivity index (χ1n) is 5.20. The summed E-state index contributed by atoms with van der Waals surface area (Å²) in [6.45, 7) is 7.56. The molecule has 0 aromatic heterocycles. The predicted octanol–water partition coefficient (Wildman–Crippen LogP) is 4.25. The number of benzene rings is 1. The molecule has 1 aromatic carbocycles. The summed E-state index contributed by atoms with van der Waals surface area (Å²) in [6.07, 6.45) is 0. The maximum Gasteiger partial charge on any atom is 0.160 e. The number of ketones is 1. The summed E-state index contributed by atoms with van der Waals surface area (Å²) in [5, 5.41) is 0. The molecular weight excluding hydrogens is 268 g/mol. The van der Waals surface area contributed by atoms with Crippen LogP contribution in [0.1, 0.15) is 36.7 Å². The second-order valence-electron chi connectivity index (χ2n) is 2.95. The Hall–Kier alpha value is -0.670. The summed E-state index contributed by atoms with van der Waals surface area (Å²) < 4.78 is 5.13. The number of hydrogen-bond acceptors (Lipinski definition) is 2. The first-order chi connectivity index (χ1) is 7.52. The highest BCUT2D eigenvalue weighted by Crippen LogP contribution is 2.18. The standard InChI is InChI=1S/C9H9BrO.C2H6O.C2H6/c1-6-3-4-8(7(2)11)9(10)5-6;1-3-2;1-2/h3-5H,1-2H3;1-2H3;1-2H3. The summed E-state index contributed by atoms with van der Waals surface area (Å²) in [7, 11) is 3.25. The van der Waals surface area contributed by atoms with E-state index < -0.39 is 0 Å². The highest BCUT2D eigenvalue weighted by Gasteiger charge is 2.03. The predicted molar refractivity (Wildman–Crippen MR) is 73.2 cm³/mol. The monoisotopic (exact) mass is 288 g/mol. The fourth-order valence-electron chi connectivity index (χ4n) is 0.906. The number of rotatable bonds is 1. The molecule has 92 valence electrons. The molecule has 0 aliphatic carbocycles. The Bertz CT molecular complexity index is 309. The van der Waals surface area contributed by atoms with Crippen LogP contribution in [0, 0.1) is 6.92 Å². The van der Waals surface area contributed by atoms with Crippen LogP contribution in [0.2, 0.25) is 0 Å². The van der Waals surface area contributed by atoms with Gasteiger partial charge in [-0.25, -0.2) is 0 Å². The molecule has 0 amide bonds. The molecule has 0 radical (unpaired) electrons. The number of carbonyl (C=O) groups is 1. The van der Waals surface area contributed by atoms with Gasteiger partial charge in [-0.05, 0) is 25.5 Å². The Labute approximate surface area is 107 Å². The number of aryl methyl sites for hydroxylation is 1. The van der Waals surface area contributed by atoms with Crippen molar-refractivity contribution in [3.63, 3.8) is 0 Å². The number of hydrogen-bond donors (Lipinski definition) is 0. The zero-order valence-corrected chi connectivity index (χ0v) is 12.5. The summed E-state index contributed by atoms with van der Waals surface area (Å²) in [6, 6.07) is 5.71. The topological polar surface area (TPSA) is 26.3 Å². The van der Waals surface area contributed by atoms with Crippen LogP contribution in [0.5, 0.6) is 0 Å². The van der Waals surface area contributed by atoms with Crippen LogP contribution in [0.3, 0.4) is 0 Å². The second-order valence-corrected chi connectivity index (χ2v) is 3.80. The van der Waals surface area contributed by atoms with Crippen molar-refractivity contribution in [2.45, 2.75) is 27.7 Å². The van der Waals surface area contributed by atoms with Crippen LogP contribution in [0.4, 0.5) is 0 Å². The van der Waals surface area contributed by atoms with Gasteiger partial charge in [-0.15, -0.1) is 0 Å². The van der Waals surface area contributed by atoms with Crippen LogP contribution in [-0.2, 0) is 4.74 Å². The first kappa shape index (κ1) is 17.7. The number of carbonyl (C=O) groups excluding carboxylic acids is 1. The van der Waals surface area contributed by atoms with Crippen molar-refractivity contribution < 1.29 is 9.53 Å². The summed E-state index contributed by atoms with van der Waals surface area (Å²) >= 11 is 3.33. The lowest BCUT2D eigenvalue weighted by atomic mass is 10.1.